The normalized spacial score (nSPS) is 14.3. The van der Waals surface area contributed by atoms with Crippen LogP contribution in [0.1, 0.15) is 162 Å². The molecule has 0 aliphatic heterocycles. The van der Waals surface area contributed by atoms with Gasteiger partial charge in [-0.05, 0) is 64.2 Å². The molecule has 0 saturated heterocycles. The second kappa shape index (κ2) is 41.1. The number of esters is 1. The number of ether oxygens (including phenoxy) is 2. The molecule has 306 valence electrons. The third-order valence-electron chi connectivity index (χ3n) is 8.39. The molecule has 8 nitrogen and oxygen atoms in total. The molecule has 0 saturated carbocycles. The average molecular weight is 764 g/mol. The van der Waals surface area contributed by atoms with Gasteiger partial charge in [-0.1, -0.05) is 164 Å². The number of rotatable bonds is 39. The van der Waals surface area contributed by atoms with E-state index in [0.29, 0.717) is 13.0 Å². The van der Waals surface area contributed by atoms with Crippen LogP contribution in [0.4, 0.5) is 0 Å². The zero-order chi connectivity index (χ0) is 38.8. The summed E-state index contributed by atoms with van der Waals surface area (Å²) < 4.78 is 33.3. The van der Waals surface area contributed by atoms with E-state index in [9.17, 15) is 14.3 Å². The largest absolute Gasteiger partial charge is 0.472 e. The highest BCUT2D eigenvalue weighted by Gasteiger charge is 2.25. The zero-order valence-electron chi connectivity index (χ0n) is 33.7. The van der Waals surface area contributed by atoms with E-state index < -0.39 is 13.9 Å². The van der Waals surface area contributed by atoms with E-state index in [0.717, 1.165) is 83.5 Å². The Hall–Kier alpha value is -2.06. The fourth-order valence-corrected chi connectivity index (χ4v) is 6.12. The Morgan fingerprint density at radius 1 is 0.585 bits per heavy atom. The first-order chi connectivity index (χ1) is 25.9. The average Bonchev–Trinajstić information content (AvgIpc) is 3.15. The second-order valence-electron chi connectivity index (χ2n) is 13.5. The molecule has 0 amide bonds. The summed E-state index contributed by atoms with van der Waals surface area (Å²) in [6.07, 6.45) is 50.6. The Morgan fingerprint density at radius 2 is 1.06 bits per heavy atom. The van der Waals surface area contributed by atoms with Gasteiger partial charge in [0, 0.05) is 19.6 Å². The van der Waals surface area contributed by atoms with Crippen LogP contribution >= 0.6 is 7.82 Å². The fraction of sp³-hybridized carbons (Fsp3) is 0.705. The van der Waals surface area contributed by atoms with Gasteiger partial charge in [-0.25, -0.2) is 4.57 Å². The fourth-order valence-electron chi connectivity index (χ4n) is 5.35. The lowest BCUT2D eigenvalue weighted by Gasteiger charge is -2.20. The van der Waals surface area contributed by atoms with Gasteiger partial charge in [0.1, 0.15) is 6.10 Å². The van der Waals surface area contributed by atoms with Crippen molar-refractivity contribution in [1.82, 2.24) is 0 Å². The van der Waals surface area contributed by atoms with Gasteiger partial charge in [0.25, 0.3) is 0 Å². The lowest BCUT2D eigenvalue weighted by molar-refractivity contribution is -0.154. The van der Waals surface area contributed by atoms with Crippen molar-refractivity contribution in [3.8, 4) is 0 Å². The molecule has 53 heavy (non-hydrogen) atoms. The smallest absolute Gasteiger partial charge is 0.457 e. The van der Waals surface area contributed by atoms with E-state index in [1.165, 1.54) is 57.8 Å². The van der Waals surface area contributed by atoms with Crippen molar-refractivity contribution in [3.63, 3.8) is 0 Å². The Kier molecular flexibility index (Phi) is 39.5. The molecule has 0 aliphatic carbocycles. The summed E-state index contributed by atoms with van der Waals surface area (Å²) in [5.41, 5.74) is 5.35. The summed E-state index contributed by atoms with van der Waals surface area (Å²) in [6.45, 7) is 4.75. The van der Waals surface area contributed by atoms with Crippen LogP contribution < -0.4 is 5.73 Å². The van der Waals surface area contributed by atoms with Gasteiger partial charge in [0.2, 0.25) is 0 Å². The van der Waals surface area contributed by atoms with Crippen LogP contribution in [0.3, 0.4) is 0 Å². The third-order valence-corrected chi connectivity index (χ3v) is 9.37. The second-order valence-corrected chi connectivity index (χ2v) is 14.9. The van der Waals surface area contributed by atoms with Gasteiger partial charge in [0.15, 0.2) is 0 Å². The molecule has 3 N–H and O–H groups in total. The molecule has 0 spiro atoms. The number of nitrogens with two attached hydrogens (primary N) is 1. The van der Waals surface area contributed by atoms with Gasteiger partial charge in [0.05, 0.1) is 19.8 Å². The van der Waals surface area contributed by atoms with Crippen molar-refractivity contribution < 1.29 is 32.8 Å². The minimum Gasteiger partial charge on any atom is -0.457 e. The van der Waals surface area contributed by atoms with Crippen molar-refractivity contribution in [2.24, 2.45) is 5.73 Å². The van der Waals surface area contributed by atoms with E-state index in [1.807, 2.05) is 0 Å². The predicted octanol–water partition coefficient (Wildman–Crippen LogP) is 12.4. The molecule has 0 heterocycles. The van der Waals surface area contributed by atoms with Crippen LogP contribution in [-0.4, -0.2) is 49.9 Å². The Bertz CT molecular complexity index is 1040. The highest BCUT2D eigenvalue weighted by Crippen LogP contribution is 2.43. The van der Waals surface area contributed by atoms with Crippen LogP contribution in [0.25, 0.3) is 0 Å². The number of allylic oxidation sites excluding steroid dienone is 12. The Labute approximate surface area is 325 Å². The maximum Gasteiger partial charge on any atom is 0.472 e. The SMILES string of the molecule is CC/C=C\C/C=C\C/C=C\C/C=C\C/C=C\C/C=C\CCCCCCCCC(=O)OC(COCCCCCCCCCCC)COP(=O)(O)OCCN. The molecule has 0 aromatic rings. The lowest BCUT2D eigenvalue weighted by Crippen LogP contribution is -2.28. The highest BCUT2D eigenvalue weighted by molar-refractivity contribution is 7.47. The van der Waals surface area contributed by atoms with Gasteiger partial charge in [-0.3, -0.25) is 13.8 Å². The van der Waals surface area contributed by atoms with Crippen molar-refractivity contribution in [2.45, 2.75) is 168 Å². The molecule has 0 aromatic carbocycles. The highest BCUT2D eigenvalue weighted by atomic mass is 31.2. The van der Waals surface area contributed by atoms with Gasteiger partial charge in [-0.2, -0.15) is 0 Å². The van der Waals surface area contributed by atoms with Gasteiger partial charge >= 0.3 is 13.8 Å². The van der Waals surface area contributed by atoms with Gasteiger partial charge < -0.3 is 20.1 Å². The number of unbranched alkanes of at least 4 members (excludes halogenated alkanes) is 14. The summed E-state index contributed by atoms with van der Waals surface area (Å²) >= 11 is 0. The summed E-state index contributed by atoms with van der Waals surface area (Å²) in [4.78, 5) is 22.4. The minimum atomic E-state index is -4.28. The number of hydrogen-bond acceptors (Lipinski definition) is 7. The molecule has 0 radical (unpaired) electrons. The van der Waals surface area contributed by atoms with E-state index in [2.05, 4.69) is 86.8 Å². The molecule has 2 unspecified atom stereocenters. The van der Waals surface area contributed by atoms with E-state index in [4.69, 9.17) is 24.3 Å². The molecule has 0 fully saturated rings. The number of hydrogen-bond donors (Lipinski definition) is 2. The molecule has 0 rings (SSSR count). The van der Waals surface area contributed by atoms with Crippen molar-refractivity contribution in [2.75, 3.05) is 33.0 Å². The first-order valence-corrected chi connectivity index (χ1v) is 22.4. The standard InChI is InChI=1S/C44H78NO7P/c1-3-5-7-9-11-13-14-15-16-17-18-19-20-21-22-23-24-25-26-27-28-29-31-33-35-37-44(46)52-43(42-51-53(47,48)50-40-38-45)41-49-39-36-34-32-30-12-10-8-6-4-2/h5,7,11,13,15-16,18-19,21-22,24-25,43H,3-4,6,8-10,12,14,17,20,23,26-42,45H2,1-2H3,(H,47,48)/b7-5-,13-11-,16-15-,19-18-,22-21-,25-24-. The van der Waals surface area contributed by atoms with E-state index in [1.54, 1.807) is 0 Å². The molecule has 2 atom stereocenters. The van der Waals surface area contributed by atoms with E-state index >= 15 is 0 Å². The quantitative estimate of drug-likeness (QED) is 0.0275. The summed E-state index contributed by atoms with van der Waals surface area (Å²) in [6, 6.07) is 0. The van der Waals surface area contributed by atoms with Crippen molar-refractivity contribution >= 4 is 13.8 Å². The monoisotopic (exact) mass is 764 g/mol. The lowest BCUT2D eigenvalue weighted by atomic mass is 10.1. The maximum atomic E-state index is 12.5. The summed E-state index contributed by atoms with van der Waals surface area (Å²) in [5, 5.41) is 0. The molecular formula is C44H78NO7P. The van der Waals surface area contributed by atoms with E-state index in [-0.39, 0.29) is 32.3 Å². The summed E-state index contributed by atoms with van der Waals surface area (Å²) in [7, 11) is -4.28. The third kappa shape index (κ3) is 41.0. The minimum absolute atomic E-state index is 0.0949. The summed E-state index contributed by atoms with van der Waals surface area (Å²) in [5.74, 6) is -0.349. The van der Waals surface area contributed by atoms with Crippen molar-refractivity contribution in [3.05, 3.63) is 72.9 Å². The molecular weight excluding hydrogens is 685 g/mol. The van der Waals surface area contributed by atoms with Crippen LogP contribution in [0, 0.1) is 0 Å². The molecule has 9 heteroatoms. The predicted molar refractivity (Wildman–Crippen MR) is 224 cm³/mol. The molecule has 0 bridgehead atoms. The van der Waals surface area contributed by atoms with Crippen LogP contribution in [-0.2, 0) is 27.9 Å². The first-order valence-electron chi connectivity index (χ1n) is 20.9. The number of phosphoric acid groups is 1. The van der Waals surface area contributed by atoms with Gasteiger partial charge in [-0.15, -0.1) is 0 Å². The maximum absolute atomic E-state index is 12.5. The first kappa shape index (κ1) is 50.9. The van der Waals surface area contributed by atoms with Crippen LogP contribution in [0.15, 0.2) is 72.9 Å². The zero-order valence-corrected chi connectivity index (χ0v) is 34.6. The Balaban J connectivity index is 4.02. The Morgan fingerprint density at radius 3 is 1.58 bits per heavy atom. The number of phosphoric ester groups is 1. The molecule has 0 aliphatic rings. The van der Waals surface area contributed by atoms with Crippen molar-refractivity contribution in [1.29, 1.82) is 0 Å². The number of carbonyl (C=O) groups excluding carboxylic acids is 1. The van der Waals surface area contributed by atoms with Crippen LogP contribution in [0.5, 0.6) is 0 Å². The number of carbonyl (C=O) groups is 1. The van der Waals surface area contributed by atoms with Crippen LogP contribution in [0.2, 0.25) is 0 Å². The topological polar surface area (TPSA) is 117 Å². The molecule has 0 aromatic heterocycles.